The number of para-hydroxylation sites is 1. The van der Waals surface area contributed by atoms with Crippen molar-refractivity contribution in [1.29, 1.82) is 0 Å². The van der Waals surface area contributed by atoms with Crippen molar-refractivity contribution in [3.8, 4) is 5.75 Å². The summed E-state index contributed by atoms with van der Waals surface area (Å²) < 4.78 is 5.34. The third kappa shape index (κ3) is 3.96. The molecule has 0 aliphatic heterocycles. The first-order valence-electron chi connectivity index (χ1n) is 7.24. The van der Waals surface area contributed by atoms with Gasteiger partial charge in [0.05, 0.1) is 18.7 Å². The molecule has 0 bridgehead atoms. The number of rotatable bonds is 7. The number of carbonyl (C=O) groups is 2. The van der Waals surface area contributed by atoms with E-state index in [9.17, 15) is 9.59 Å². The fourth-order valence-electron chi connectivity index (χ4n) is 2.43. The van der Waals surface area contributed by atoms with Gasteiger partial charge in [0.2, 0.25) is 0 Å². The van der Waals surface area contributed by atoms with Gasteiger partial charge in [0, 0.05) is 11.6 Å². The third-order valence-electron chi connectivity index (χ3n) is 3.69. The largest absolute Gasteiger partial charge is 0.496 e. The van der Waals surface area contributed by atoms with Gasteiger partial charge < -0.3 is 14.6 Å². The lowest BCUT2D eigenvalue weighted by Crippen LogP contribution is -2.26. The van der Waals surface area contributed by atoms with Gasteiger partial charge in [-0.1, -0.05) is 30.3 Å². The van der Waals surface area contributed by atoms with Crippen LogP contribution in [-0.2, 0) is 4.79 Å². The lowest BCUT2D eigenvalue weighted by atomic mass is 10.0. The van der Waals surface area contributed by atoms with E-state index in [0.29, 0.717) is 5.56 Å². The van der Waals surface area contributed by atoms with Crippen molar-refractivity contribution in [2.75, 3.05) is 7.11 Å². The monoisotopic (exact) mass is 313 g/mol. The highest BCUT2D eigenvalue weighted by Crippen LogP contribution is 2.26. The van der Waals surface area contributed by atoms with E-state index in [1.54, 1.807) is 19.2 Å². The van der Waals surface area contributed by atoms with Crippen LogP contribution < -0.4 is 10.1 Å². The van der Waals surface area contributed by atoms with E-state index < -0.39 is 12.0 Å². The van der Waals surface area contributed by atoms with Gasteiger partial charge in [-0.25, -0.2) is 4.79 Å². The maximum atomic E-state index is 11.4. The first-order chi connectivity index (χ1) is 11.1. The Morgan fingerprint density at radius 1 is 1.17 bits per heavy atom. The van der Waals surface area contributed by atoms with E-state index in [0.717, 1.165) is 17.6 Å². The number of methoxy groups -OCH3 is 1. The zero-order valence-corrected chi connectivity index (χ0v) is 13.0. The summed E-state index contributed by atoms with van der Waals surface area (Å²) >= 11 is 0. The van der Waals surface area contributed by atoms with Crippen molar-refractivity contribution in [3.05, 3.63) is 65.2 Å². The Morgan fingerprint density at radius 2 is 1.83 bits per heavy atom. The van der Waals surface area contributed by atoms with Gasteiger partial charge in [-0.3, -0.25) is 5.32 Å². The van der Waals surface area contributed by atoms with Crippen molar-refractivity contribution < 1.29 is 19.4 Å². The minimum Gasteiger partial charge on any atom is -0.496 e. The van der Waals surface area contributed by atoms with Gasteiger partial charge in [0.25, 0.3) is 0 Å². The van der Waals surface area contributed by atoms with E-state index in [1.807, 2.05) is 31.2 Å². The molecule has 0 aliphatic rings. The second-order valence-corrected chi connectivity index (χ2v) is 5.17. The topological polar surface area (TPSA) is 75.6 Å². The van der Waals surface area contributed by atoms with E-state index in [2.05, 4.69) is 5.32 Å². The van der Waals surface area contributed by atoms with E-state index in [-0.39, 0.29) is 11.6 Å². The second kappa shape index (κ2) is 7.56. The van der Waals surface area contributed by atoms with Crippen LogP contribution in [0.25, 0.3) is 0 Å². The van der Waals surface area contributed by atoms with Gasteiger partial charge in [-0.05, 0) is 30.7 Å². The molecule has 0 amide bonds. The molecule has 0 saturated carbocycles. The SMILES string of the molecule is COc1ccccc1[C@H](C)NC(C=O)c1ccc(C(=O)O)cc1. The summed E-state index contributed by atoms with van der Waals surface area (Å²) in [6, 6.07) is 13.2. The van der Waals surface area contributed by atoms with Gasteiger partial charge in [0.15, 0.2) is 0 Å². The Bertz CT molecular complexity index is 682. The van der Waals surface area contributed by atoms with Crippen LogP contribution in [0.3, 0.4) is 0 Å². The Kier molecular flexibility index (Phi) is 5.49. The molecule has 0 aliphatic carbocycles. The van der Waals surface area contributed by atoms with Crippen molar-refractivity contribution >= 4 is 12.3 Å². The molecule has 0 saturated heterocycles. The minimum absolute atomic E-state index is 0.111. The lowest BCUT2D eigenvalue weighted by Gasteiger charge is -2.21. The van der Waals surface area contributed by atoms with Crippen LogP contribution in [0, 0.1) is 0 Å². The fourth-order valence-corrected chi connectivity index (χ4v) is 2.43. The van der Waals surface area contributed by atoms with E-state index in [1.165, 1.54) is 12.1 Å². The molecule has 1 unspecified atom stereocenters. The summed E-state index contributed by atoms with van der Waals surface area (Å²) in [5, 5.41) is 12.2. The Labute approximate surface area is 134 Å². The summed E-state index contributed by atoms with van der Waals surface area (Å²) in [5.74, 6) is -0.243. The molecule has 23 heavy (non-hydrogen) atoms. The number of aromatic carboxylic acids is 1. The molecule has 2 aromatic rings. The molecule has 2 rings (SSSR count). The lowest BCUT2D eigenvalue weighted by molar-refractivity contribution is -0.109. The van der Waals surface area contributed by atoms with Crippen LogP contribution in [0.5, 0.6) is 5.75 Å². The maximum Gasteiger partial charge on any atom is 0.335 e. The molecule has 0 heterocycles. The van der Waals surface area contributed by atoms with E-state index >= 15 is 0 Å². The number of carbonyl (C=O) groups excluding carboxylic acids is 1. The maximum absolute atomic E-state index is 11.4. The number of nitrogens with one attached hydrogen (secondary N) is 1. The van der Waals surface area contributed by atoms with Crippen molar-refractivity contribution in [2.24, 2.45) is 0 Å². The standard InChI is InChI=1S/C18H19NO4/c1-12(15-5-3-4-6-17(15)23-2)19-16(11-20)13-7-9-14(10-8-13)18(21)22/h3-12,16,19H,1-2H3,(H,21,22)/t12-,16?/m0/s1. The first-order valence-corrected chi connectivity index (χ1v) is 7.24. The number of carboxylic acids is 1. The molecule has 5 heteroatoms. The third-order valence-corrected chi connectivity index (χ3v) is 3.69. The molecule has 0 fully saturated rings. The van der Waals surface area contributed by atoms with Crippen LogP contribution in [0.4, 0.5) is 0 Å². The summed E-state index contributed by atoms with van der Waals surface area (Å²) in [4.78, 5) is 22.3. The number of aldehydes is 1. The van der Waals surface area contributed by atoms with Crippen LogP contribution in [0.2, 0.25) is 0 Å². The average Bonchev–Trinajstić information content (AvgIpc) is 2.59. The minimum atomic E-state index is -0.991. The smallest absolute Gasteiger partial charge is 0.335 e. The Morgan fingerprint density at radius 3 is 2.39 bits per heavy atom. The van der Waals surface area contributed by atoms with Crippen LogP contribution in [-0.4, -0.2) is 24.5 Å². The second-order valence-electron chi connectivity index (χ2n) is 5.17. The fraction of sp³-hybridized carbons (Fsp3) is 0.222. The molecule has 0 radical (unpaired) electrons. The normalized spacial score (nSPS) is 13.1. The molecule has 2 aromatic carbocycles. The predicted molar refractivity (Wildman–Crippen MR) is 86.8 cm³/mol. The number of hydrogen-bond donors (Lipinski definition) is 2. The first kappa shape index (κ1) is 16.7. The molecule has 120 valence electrons. The quantitative estimate of drug-likeness (QED) is 0.769. The number of benzene rings is 2. The molecular weight excluding hydrogens is 294 g/mol. The van der Waals surface area contributed by atoms with Gasteiger partial charge in [-0.15, -0.1) is 0 Å². The molecular formula is C18H19NO4. The Balaban J connectivity index is 2.18. The van der Waals surface area contributed by atoms with Gasteiger partial charge in [-0.2, -0.15) is 0 Å². The summed E-state index contributed by atoms with van der Waals surface area (Å²) in [7, 11) is 1.60. The average molecular weight is 313 g/mol. The Hall–Kier alpha value is -2.66. The van der Waals surface area contributed by atoms with E-state index in [4.69, 9.17) is 9.84 Å². The van der Waals surface area contributed by atoms with Crippen molar-refractivity contribution in [2.45, 2.75) is 19.0 Å². The zero-order chi connectivity index (χ0) is 16.8. The summed E-state index contributed by atoms with van der Waals surface area (Å²) in [6.07, 6.45) is 0.807. The molecule has 0 spiro atoms. The van der Waals surface area contributed by atoms with Gasteiger partial charge >= 0.3 is 5.97 Å². The summed E-state index contributed by atoms with van der Waals surface area (Å²) in [6.45, 7) is 1.94. The molecule has 2 atom stereocenters. The van der Waals surface area contributed by atoms with Crippen LogP contribution >= 0.6 is 0 Å². The predicted octanol–water partition coefficient (Wildman–Crippen LogP) is 2.98. The van der Waals surface area contributed by atoms with Crippen LogP contribution in [0.1, 0.15) is 40.5 Å². The number of carboxylic acid groups (broad SMARTS) is 1. The van der Waals surface area contributed by atoms with Crippen molar-refractivity contribution in [3.63, 3.8) is 0 Å². The molecule has 5 nitrogen and oxygen atoms in total. The van der Waals surface area contributed by atoms with Gasteiger partial charge in [0.1, 0.15) is 12.0 Å². The molecule has 2 N–H and O–H groups in total. The number of hydrogen-bond acceptors (Lipinski definition) is 4. The molecule has 0 aromatic heterocycles. The summed E-state index contributed by atoms with van der Waals surface area (Å²) in [5.41, 5.74) is 1.85. The highest BCUT2D eigenvalue weighted by molar-refractivity contribution is 5.87. The van der Waals surface area contributed by atoms with Crippen molar-refractivity contribution in [1.82, 2.24) is 5.32 Å². The van der Waals surface area contributed by atoms with Crippen LogP contribution in [0.15, 0.2) is 48.5 Å². The number of ether oxygens (including phenoxy) is 1. The highest BCUT2D eigenvalue weighted by Gasteiger charge is 2.17. The highest BCUT2D eigenvalue weighted by atomic mass is 16.5. The zero-order valence-electron chi connectivity index (χ0n) is 13.0.